The highest BCUT2D eigenvalue weighted by Gasteiger charge is 2.24. The van der Waals surface area contributed by atoms with Crippen LogP contribution in [0.4, 0.5) is 5.69 Å². The molecule has 0 saturated carbocycles. The van der Waals surface area contributed by atoms with Crippen LogP contribution in [0.25, 0.3) is 0 Å². The number of amides is 1. The summed E-state index contributed by atoms with van der Waals surface area (Å²) in [6.45, 7) is 5.95. The molecule has 8 nitrogen and oxygen atoms in total. The average molecular weight is 303 g/mol. The Hall–Kier alpha value is -1.61. The SMILES string of the molecule is CCn1cc(N)c(C(=O)NCC(C)(C)NS(C)(=O)=O)n1. The van der Waals surface area contributed by atoms with Crippen LogP contribution in [0, 0.1) is 0 Å². The number of nitrogens with one attached hydrogen (secondary N) is 2. The molecule has 4 N–H and O–H groups in total. The summed E-state index contributed by atoms with van der Waals surface area (Å²) in [5.74, 6) is -0.432. The van der Waals surface area contributed by atoms with Crippen molar-refractivity contribution in [2.24, 2.45) is 0 Å². The highest BCUT2D eigenvalue weighted by atomic mass is 32.2. The smallest absolute Gasteiger partial charge is 0.274 e. The van der Waals surface area contributed by atoms with E-state index in [-0.39, 0.29) is 12.2 Å². The first-order chi connectivity index (χ1) is 9.04. The van der Waals surface area contributed by atoms with Gasteiger partial charge in [-0.2, -0.15) is 5.10 Å². The summed E-state index contributed by atoms with van der Waals surface area (Å²) in [5.41, 5.74) is 5.33. The van der Waals surface area contributed by atoms with Crippen molar-refractivity contribution < 1.29 is 13.2 Å². The number of anilines is 1. The van der Waals surface area contributed by atoms with Crippen LogP contribution in [0.15, 0.2) is 6.20 Å². The quantitative estimate of drug-likeness (QED) is 0.657. The Morgan fingerprint density at radius 1 is 1.50 bits per heavy atom. The third kappa shape index (κ3) is 4.82. The Bertz CT molecular complexity index is 591. The fourth-order valence-corrected chi connectivity index (χ4v) is 2.77. The molecule has 0 aliphatic rings. The molecule has 0 atom stereocenters. The predicted octanol–water partition coefficient (Wildman–Crippen LogP) is -0.457. The summed E-state index contributed by atoms with van der Waals surface area (Å²) in [6, 6.07) is 0. The standard InChI is InChI=1S/C11H21N5O3S/c1-5-16-6-8(12)9(14-16)10(17)13-7-11(2,3)15-20(4,18)19/h6,15H,5,7,12H2,1-4H3,(H,13,17). The van der Waals surface area contributed by atoms with Gasteiger partial charge in [-0.05, 0) is 20.8 Å². The predicted molar refractivity (Wildman–Crippen MR) is 76.7 cm³/mol. The molecule has 0 aliphatic carbocycles. The van der Waals surface area contributed by atoms with Crippen LogP contribution >= 0.6 is 0 Å². The molecule has 114 valence electrons. The van der Waals surface area contributed by atoms with E-state index < -0.39 is 21.5 Å². The van der Waals surface area contributed by atoms with Crippen molar-refractivity contribution in [1.82, 2.24) is 19.8 Å². The number of rotatable bonds is 6. The monoisotopic (exact) mass is 303 g/mol. The maximum atomic E-state index is 12.0. The third-order valence-electron chi connectivity index (χ3n) is 2.48. The fourth-order valence-electron chi connectivity index (χ4n) is 1.70. The minimum atomic E-state index is -3.35. The number of nitrogens with two attached hydrogens (primary N) is 1. The van der Waals surface area contributed by atoms with Crippen molar-refractivity contribution in [3.8, 4) is 0 Å². The van der Waals surface area contributed by atoms with Gasteiger partial charge in [0.15, 0.2) is 5.69 Å². The fraction of sp³-hybridized carbons (Fsp3) is 0.636. The van der Waals surface area contributed by atoms with Crippen LogP contribution in [0.3, 0.4) is 0 Å². The van der Waals surface area contributed by atoms with E-state index in [2.05, 4.69) is 15.1 Å². The Morgan fingerprint density at radius 2 is 2.10 bits per heavy atom. The Balaban J connectivity index is 2.69. The molecule has 1 aromatic heterocycles. The molecule has 1 amide bonds. The molecule has 9 heteroatoms. The molecular formula is C11H21N5O3S. The lowest BCUT2D eigenvalue weighted by atomic mass is 10.1. The number of carbonyl (C=O) groups excluding carboxylic acids is 1. The summed E-state index contributed by atoms with van der Waals surface area (Å²) in [4.78, 5) is 12.0. The lowest BCUT2D eigenvalue weighted by Crippen LogP contribution is -2.51. The van der Waals surface area contributed by atoms with Crippen molar-refractivity contribution in [2.45, 2.75) is 32.9 Å². The number of nitrogen functional groups attached to an aromatic ring is 1. The molecule has 0 aromatic carbocycles. The first kappa shape index (κ1) is 16.4. The normalized spacial score (nSPS) is 12.4. The van der Waals surface area contributed by atoms with Gasteiger partial charge in [-0.3, -0.25) is 9.48 Å². The second kappa shape index (κ2) is 5.80. The van der Waals surface area contributed by atoms with E-state index in [4.69, 9.17) is 5.73 Å². The van der Waals surface area contributed by atoms with Gasteiger partial charge in [-0.15, -0.1) is 0 Å². The number of sulfonamides is 1. The zero-order valence-electron chi connectivity index (χ0n) is 12.1. The topological polar surface area (TPSA) is 119 Å². The van der Waals surface area contributed by atoms with Crippen molar-refractivity contribution in [3.63, 3.8) is 0 Å². The van der Waals surface area contributed by atoms with Crippen LogP contribution < -0.4 is 15.8 Å². The lowest BCUT2D eigenvalue weighted by molar-refractivity contribution is 0.0939. The first-order valence-electron chi connectivity index (χ1n) is 6.14. The van der Waals surface area contributed by atoms with Crippen LogP contribution in [0.5, 0.6) is 0 Å². The van der Waals surface area contributed by atoms with Crippen molar-refractivity contribution >= 4 is 21.6 Å². The molecular weight excluding hydrogens is 282 g/mol. The average Bonchev–Trinajstić information content (AvgIpc) is 2.64. The first-order valence-corrected chi connectivity index (χ1v) is 8.03. The molecule has 0 saturated heterocycles. The van der Waals surface area contributed by atoms with E-state index in [1.54, 1.807) is 24.7 Å². The highest BCUT2D eigenvalue weighted by Crippen LogP contribution is 2.09. The lowest BCUT2D eigenvalue weighted by Gasteiger charge is -2.25. The molecule has 0 bridgehead atoms. The van der Waals surface area contributed by atoms with Gasteiger partial charge in [0.2, 0.25) is 10.0 Å². The second-order valence-corrected chi connectivity index (χ2v) is 6.98. The summed E-state index contributed by atoms with van der Waals surface area (Å²) in [6.07, 6.45) is 2.65. The summed E-state index contributed by atoms with van der Waals surface area (Å²) >= 11 is 0. The van der Waals surface area contributed by atoms with Gasteiger partial charge in [0.25, 0.3) is 5.91 Å². The van der Waals surface area contributed by atoms with Crippen LogP contribution in [0.1, 0.15) is 31.3 Å². The molecule has 1 heterocycles. The Kier molecular flexibility index (Phi) is 4.77. The van der Waals surface area contributed by atoms with Crippen molar-refractivity contribution in [3.05, 3.63) is 11.9 Å². The van der Waals surface area contributed by atoms with Crippen LogP contribution in [-0.4, -0.2) is 42.4 Å². The largest absolute Gasteiger partial charge is 0.396 e. The van der Waals surface area contributed by atoms with Crippen molar-refractivity contribution in [2.75, 3.05) is 18.5 Å². The Labute approximate surface area is 118 Å². The maximum Gasteiger partial charge on any atom is 0.274 e. The molecule has 1 rings (SSSR count). The van der Waals surface area contributed by atoms with E-state index in [1.165, 1.54) is 0 Å². The summed E-state index contributed by atoms with van der Waals surface area (Å²) in [5, 5.41) is 6.66. The minimum absolute atomic E-state index is 0.122. The third-order valence-corrected chi connectivity index (χ3v) is 3.41. The molecule has 20 heavy (non-hydrogen) atoms. The molecule has 0 fully saturated rings. The van der Waals surface area contributed by atoms with Crippen LogP contribution in [0.2, 0.25) is 0 Å². The number of aryl methyl sites for hydroxylation is 1. The molecule has 0 spiro atoms. The van der Waals surface area contributed by atoms with E-state index >= 15 is 0 Å². The summed E-state index contributed by atoms with van der Waals surface area (Å²) in [7, 11) is -3.35. The van der Waals surface area contributed by atoms with Crippen LogP contribution in [-0.2, 0) is 16.6 Å². The van der Waals surface area contributed by atoms with E-state index in [1.807, 2.05) is 6.92 Å². The second-order valence-electron chi connectivity index (χ2n) is 5.23. The zero-order chi connectivity index (χ0) is 15.6. The number of hydrogen-bond donors (Lipinski definition) is 3. The van der Waals surface area contributed by atoms with Gasteiger partial charge in [-0.25, -0.2) is 13.1 Å². The minimum Gasteiger partial charge on any atom is -0.396 e. The van der Waals surface area contributed by atoms with E-state index in [0.29, 0.717) is 12.2 Å². The van der Waals surface area contributed by atoms with Gasteiger partial charge < -0.3 is 11.1 Å². The van der Waals surface area contributed by atoms with E-state index in [0.717, 1.165) is 6.26 Å². The number of hydrogen-bond acceptors (Lipinski definition) is 5. The van der Waals surface area contributed by atoms with E-state index in [9.17, 15) is 13.2 Å². The van der Waals surface area contributed by atoms with Gasteiger partial charge in [0, 0.05) is 24.8 Å². The number of nitrogens with zero attached hydrogens (tertiary/aromatic N) is 2. The zero-order valence-corrected chi connectivity index (χ0v) is 12.9. The van der Waals surface area contributed by atoms with Gasteiger partial charge in [0.05, 0.1) is 11.9 Å². The molecule has 0 radical (unpaired) electrons. The van der Waals surface area contributed by atoms with Gasteiger partial charge in [0.1, 0.15) is 0 Å². The van der Waals surface area contributed by atoms with Crippen molar-refractivity contribution in [1.29, 1.82) is 0 Å². The maximum absolute atomic E-state index is 12.0. The summed E-state index contributed by atoms with van der Waals surface area (Å²) < 4.78 is 26.4. The highest BCUT2D eigenvalue weighted by molar-refractivity contribution is 7.88. The molecule has 1 aromatic rings. The number of aromatic nitrogens is 2. The van der Waals surface area contributed by atoms with Gasteiger partial charge >= 0.3 is 0 Å². The van der Waals surface area contributed by atoms with Gasteiger partial charge in [-0.1, -0.05) is 0 Å². The Morgan fingerprint density at radius 3 is 2.55 bits per heavy atom. The molecule has 0 unspecified atom stereocenters. The number of carbonyl (C=O) groups is 1. The molecule has 0 aliphatic heterocycles.